The summed E-state index contributed by atoms with van der Waals surface area (Å²) in [7, 11) is 0. The highest BCUT2D eigenvalue weighted by atomic mass is 19.4. The van der Waals surface area contributed by atoms with Crippen LogP contribution in [0.3, 0.4) is 0 Å². The number of nitriles is 1. The summed E-state index contributed by atoms with van der Waals surface area (Å²) in [6.45, 7) is 0. The number of hydrogen-bond acceptors (Lipinski definition) is 5. The number of aromatic nitrogens is 5. The molecule has 2 aromatic carbocycles. The van der Waals surface area contributed by atoms with E-state index in [0.717, 1.165) is 5.39 Å². The van der Waals surface area contributed by atoms with Crippen molar-refractivity contribution in [3.63, 3.8) is 0 Å². The lowest BCUT2D eigenvalue weighted by Gasteiger charge is -2.25. The number of nitrogens with one attached hydrogen (secondary N) is 1. The predicted molar refractivity (Wildman–Crippen MR) is 130 cm³/mol. The Kier molecular flexibility index (Phi) is 6.15. The van der Waals surface area contributed by atoms with Gasteiger partial charge in [0.15, 0.2) is 0 Å². The third-order valence-electron chi connectivity index (χ3n) is 5.81. The van der Waals surface area contributed by atoms with E-state index >= 15 is 0 Å². The van der Waals surface area contributed by atoms with Gasteiger partial charge in [-0.15, -0.1) is 0 Å². The number of fused-ring (bicyclic) bond motifs is 1. The lowest BCUT2D eigenvalue weighted by atomic mass is 10.0. The minimum atomic E-state index is -5.09. The van der Waals surface area contributed by atoms with Crippen molar-refractivity contribution >= 4 is 28.3 Å². The number of benzene rings is 2. The summed E-state index contributed by atoms with van der Waals surface area (Å²) in [6, 6.07) is 17.0. The molecule has 0 spiro atoms. The summed E-state index contributed by atoms with van der Waals surface area (Å²) in [4.78, 5) is 24.6. The molecule has 184 valence electrons. The van der Waals surface area contributed by atoms with Crippen LogP contribution in [0.4, 0.5) is 24.5 Å². The quantitative estimate of drug-likeness (QED) is 0.329. The number of aromatic amines is 1. The van der Waals surface area contributed by atoms with E-state index in [2.05, 4.69) is 26.1 Å². The second-order valence-electron chi connectivity index (χ2n) is 8.12. The molecular formula is C26H18F3N7O. The van der Waals surface area contributed by atoms with Gasteiger partial charge in [0.1, 0.15) is 12.0 Å². The molecule has 1 atom stereocenters. The number of halogens is 3. The molecule has 1 N–H and O–H groups in total. The molecule has 5 rings (SSSR count). The van der Waals surface area contributed by atoms with Crippen LogP contribution in [0.2, 0.25) is 0 Å². The molecule has 0 aliphatic carbocycles. The Bertz CT molecular complexity index is 1600. The third kappa shape index (κ3) is 4.64. The number of alkyl halides is 3. The fourth-order valence-electron chi connectivity index (χ4n) is 4.14. The van der Waals surface area contributed by atoms with Gasteiger partial charge in [-0.2, -0.15) is 23.5 Å². The molecular weight excluding hydrogens is 483 g/mol. The largest absolute Gasteiger partial charge is 0.472 e. The normalized spacial score (nSPS) is 12.3. The van der Waals surface area contributed by atoms with Gasteiger partial charge in [-0.25, -0.2) is 9.97 Å². The molecule has 37 heavy (non-hydrogen) atoms. The Balaban J connectivity index is 1.55. The van der Waals surface area contributed by atoms with E-state index in [4.69, 9.17) is 0 Å². The lowest BCUT2D eigenvalue weighted by Crippen LogP contribution is -2.38. The highest BCUT2D eigenvalue weighted by molar-refractivity contribution is 6.03. The average molecular weight is 501 g/mol. The summed E-state index contributed by atoms with van der Waals surface area (Å²) in [6.07, 6.45) is 1.41. The Hall–Kier alpha value is -4.98. The van der Waals surface area contributed by atoms with Crippen LogP contribution < -0.4 is 4.90 Å². The van der Waals surface area contributed by atoms with Crippen LogP contribution in [0.25, 0.3) is 22.3 Å². The average Bonchev–Trinajstić information content (AvgIpc) is 3.58. The van der Waals surface area contributed by atoms with E-state index in [0.29, 0.717) is 27.4 Å². The van der Waals surface area contributed by atoms with Gasteiger partial charge in [0, 0.05) is 34.7 Å². The van der Waals surface area contributed by atoms with Gasteiger partial charge < -0.3 is 4.98 Å². The minimum Gasteiger partial charge on any atom is -0.346 e. The molecule has 0 saturated heterocycles. The zero-order valence-electron chi connectivity index (χ0n) is 19.1. The molecule has 3 aromatic heterocycles. The summed E-state index contributed by atoms with van der Waals surface area (Å²) < 4.78 is 42.1. The highest BCUT2D eigenvalue weighted by Crippen LogP contribution is 2.34. The first kappa shape index (κ1) is 23.7. The van der Waals surface area contributed by atoms with Crippen LogP contribution in [0.1, 0.15) is 18.0 Å². The topological polar surface area (TPSA) is 103 Å². The molecule has 5 aromatic rings. The van der Waals surface area contributed by atoms with Crippen LogP contribution in [0.5, 0.6) is 0 Å². The van der Waals surface area contributed by atoms with Crippen LogP contribution in [-0.4, -0.2) is 36.8 Å². The maximum atomic E-state index is 13.5. The van der Waals surface area contributed by atoms with E-state index in [9.17, 15) is 23.2 Å². The number of rotatable bonds is 6. The Morgan fingerprint density at radius 3 is 2.62 bits per heavy atom. The van der Waals surface area contributed by atoms with Crippen molar-refractivity contribution in [3.05, 3.63) is 91.1 Å². The number of anilines is 2. The predicted octanol–water partition coefficient (Wildman–Crippen LogP) is 5.55. The molecule has 1 amide bonds. The molecule has 0 bridgehead atoms. The number of para-hydroxylation sites is 1. The van der Waals surface area contributed by atoms with Gasteiger partial charge in [-0.05, 0) is 35.9 Å². The van der Waals surface area contributed by atoms with Gasteiger partial charge in [0.2, 0.25) is 0 Å². The van der Waals surface area contributed by atoms with Crippen molar-refractivity contribution in [1.82, 2.24) is 24.7 Å². The first-order chi connectivity index (χ1) is 17.9. The number of carbonyl (C=O) groups is 1. The van der Waals surface area contributed by atoms with Crippen LogP contribution in [0, 0.1) is 11.3 Å². The van der Waals surface area contributed by atoms with Crippen molar-refractivity contribution in [2.24, 2.45) is 0 Å². The zero-order valence-corrected chi connectivity index (χ0v) is 19.1. The van der Waals surface area contributed by atoms with Gasteiger partial charge in [-0.1, -0.05) is 30.3 Å². The second-order valence-corrected chi connectivity index (χ2v) is 8.12. The van der Waals surface area contributed by atoms with Gasteiger partial charge in [0.25, 0.3) is 0 Å². The zero-order chi connectivity index (χ0) is 26.0. The van der Waals surface area contributed by atoms with Gasteiger partial charge in [0.05, 0.1) is 30.4 Å². The van der Waals surface area contributed by atoms with E-state index < -0.39 is 18.1 Å². The van der Waals surface area contributed by atoms with E-state index in [1.54, 1.807) is 53.6 Å². The summed E-state index contributed by atoms with van der Waals surface area (Å²) >= 11 is 0. The maximum Gasteiger partial charge on any atom is 0.472 e. The van der Waals surface area contributed by atoms with E-state index in [-0.39, 0.29) is 17.8 Å². The molecule has 0 fully saturated rings. The standard InChI is InChI=1S/C26H18F3N7O/c27-26(28,29)25(37)36(19-6-2-1-3-7-19)20-8-4-5-17(13-20)22(9-11-30)35-15-18(14-34-35)23-21-10-12-31-24(21)33-16-32-23/h1-8,10,12-16,22H,9H2,(H,31,32,33). The number of nitrogens with zero attached hydrogens (tertiary/aromatic N) is 6. The van der Waals surface area contributed by atoms with Crippen molar-refractivity contribution < 1.29 is 18.0 Å². The van der Waals surface area contributed by atoms with Crippen LogP contribution in [0.15, 0.2) is 85.6 Å². The van der Waals surface area contributed by atoms with Crippen molar-refractivity contribution in [1.29, 1.82) is 5.26 Å². The van der Waals surface area contributed by atoms with Crippen molar-refractivity contribution in [3.8, 4) is 17.3 Å². The molecule has 8 nitrogen and oxygen atoms in total. The number of amides is 1. The van der Waals surface area contributed by atoms with E-state index in [1.165, 1.54) is 30.6 Å². The Labute approximate surface area is 208 Å². The summed E-state index contributed by atoms with van der Waals surface area (Å²) in [5.74, 6) is -2.02. The fraction of sp³-hybridized carbons (Fsp3) is 0.115. The SMILES string of the molecule is N#CCC(c1cccc(N(C(=O)C(F)(F)F)c2ccccc2)c1)n1cc(-c2ncnc3[nH]ccc23)cn1. The Morgan fingerprint density at radius 2 is 1.86 bits per heavy atom. The Morgan fingerprint density at radius 1 is 1.08 bits per heavy atom. The fourth-order valence-corrected chi connectivity index (χ4v) is 4.14. The molecule has 3 heterocycles. The van der Waals surface area contributed by atoms with E-state index in [1.807, 2.05) is 6.07 Å². The first-order valence-corrected chi connectivity index (χ1v) is 11.1. The summed E-state index contributed by atoms with van der Waals surface area (Å²) in [5, 5.41) is 14.7. The number of carbonyl (C=O) groups excluding carboxylic acids is 1. The van der Waals surface area contributed by atoms with Gasteiger partial charge in [-0.3, -0.25) is 14.4 Å². The maximum absolute atomic E-state index is 13.5. The smallest absolute Gasteiger partial charge is 0.346 e. The monoisotopic (exact) mass is 501 g/mol. The van der Waals surface area contributed by atoms with Crippen LogP contribution in [-0.2, 0) is 4.79 Å². The van der Waals surface area contributed by atoms with Gasteiger partial charge >= 0.3 is 12.1 Å². The van der Waals surface area contributed by atoms with Crippen molar-refractivity contribution in [2.45, 2.75) is 18.6 Å². The number of H-pyrrole nitrogens is 1. The van der Waals surface area contributed by atoms with Crippen molar-refractivity contribution in [2.75, 3.05) is 4.90 Å². The molecule has 1 unspecified atom stereocenters. The minimum absolute atomic E-state index is 0.00747. The molecule has 0 aliphatic heterocycles. The third-order valence-corrected chi connectivity index (χ3v) is 5.81. The second kappa shape index (κ2) is 9.58. The molecule has 0 saturated carbocycles. The first-order valence-electron chi connectivity index (χ1n) is 11.1. The summed E-state index contributed by atoms with van der Waals surface area (Å²) in [5.41, 5.74) is 2.59. The highest BCUT2D eigenvalue weighted by Gasteiger charge is 2.43. The molecule has 11 heteroatoms. The lowest BCUT2D eigenvalue weighted by molar-refractivity contribution is -0.169. The molecule has 0 aliphatic rings. The number of hydrogen-bond donors (Lipinski definition) is 1. The molecule has 0 radical (unpaired) electrons. The van der Waals surface area contributed by atoms with Crippen LogP contribution >= 0.6 is 0 Å².